The molecular weight excluding hydrogens is 566 g/mol. The van der Waals surface area contributed by atoms with Crippen LogP contribution in [0.1, 0.15) is 0 Å². The summed E-state index contributed by atoms with van der Waals surface area (Å²) in [6, 6.07) is 57.6. The molecular formula is C42H30P2. The van der Waals surface area contributed by atoms with Crippen LogP contribution < -0.4 is 10.6 Å². The Balaban J connectivity index is 1.58. The third-order valence-electron chi connectivity index (χ3n) is 8.75. The van der Waals surface area contributed by atoms with Crippen molar-refractivity contribution >= 4 is 61.4 Å². The molecule has 8 aromatic carbocycles. The van der Waals surface area contributed by atoms with E-state index in [9.17, 15) is 0 Å². The van der Waals surface area contributed by atoms with Gasteiger partial charge >= 0.3 is 0 Å². The van der Waals surface area contributed by atoms with Crippen LogP contribution in [0, 0.1) is 0 Å². The maximum atomic E-state index is 2.94. The zero-order chi connectivity index (χ0) is 29.6. The second-order valence-corrected chi connectivity index (χ2v) is 12.6. The molecule has 0 saturated heterocycles. The van der Waals surface area contributed by atoms with Crippen molar-refractivity contribution in [1.82, 2.24) is 0 Å². The predicted octanol–water partition coefficient (Wildman–Crippen LogP) is 10.8. The molecule has 0 amide bonds. The summed E-state index contributed by atoms with van der Waals surface area (Å²) in [5.74, 6) is 0. The fraction of sp³-hybridized carbons (Fsp3) is 0. The molecule has 8 rings (SSSR count). The fourth-order valence-corrected chi connectivity index (χ4v) is 7.10. The van der Waals surface area contributed by atoms with E-state index in [1.165, 1.54) is 87.4 Å². The molecule has 0 aliphatic heterocycles. The highest BCUT2D eigenvalue weighted by Crippen LogP contribution is 2.45. The van der Waals surface area contributed by atoms with E-state index in [0.717, 1.165) is 0 Å². The van der Waals surface area contributed by atoms with Crippen molar-refractivity contribution in [2.45, 2.75) is 0 Å². The Bertz CT molecular complexity index is 2140. The number of hydrogen-bond donors (Lipinski definition) is 0. The lowest BCUT2D eigenvalue weighted by atomic mass is 9.84. The van der Waals surface area contributed by atoms with E-state index < -0.39 is 0 Å². The van der Waals surface area contributed by atoms with Gasteiger partial charge in [-0.05, 0) is 124 Å². The third-order valence-corrected chi connectivity index (χ3v) is 10.1. The van der Waals surface area contributed by atoms with Gasteiger partial charge in [0.15, 0.2) is 0 Å². The topological polar surface area (TPSA) is 0 Å². The highest BCUT2D eigenvalue weighted by Gasteiger charge is 2.18. The Morgan fingerprint density at radius 3 is 0.682 bits per heavy atom. The Kier molecular flexibility index (Phi) is 6.84. The van der Waals surface area contributed by atoms with Crippen LogP contribution in [0.4, 0.5) is 0 Å². The van der Waals surface area contributed by atoms with Gasteiger partial charge in [0.2, 0.25) is 0 Å². The first kappa shape index (κ1) is 27.0. The molecule has 0 N–H and O–H groups in total. The molecule has 8 aromatic rings. The van der Waals surface area contributed by atoms with Crippen molar-refractivity contribution in [3.05, 3.63) is 158 Å². The molecule has 0 saturated carbocycles. The Labute approximate surface area is 262 Å². The van der Waals surface area contributed by atoms with Gasteiger partial charge in [-0.1, -0.05) is 121 Å². The van der Waals surface area contributed by atoms with Crippen molar-refractivity contribution in [2.75, 3.05) is 0 Å². The molecule has 2 unspecified atom stereocenters. The molecule has 0 heterocycles. The number of rotatable bonds is 4. The van der Waals surface area contributed by atoms with Gasteiger partial charge in [0, 0.05) is 0 Å². The van der Waals surface area contributed by atoms with Crippen LogP contribution in [0.25, 0.3) is 76.8 Å². The van der Waals surface area contributed by atoms with E-state index in [2.05, 4.69) is 176 Å². The Morgan fingerprint density at radius 2 is 0.455 bits per heavy atom. The molecule has 208 valence electrons. The van der Waals surface area contributed by atoms with Crippen LogP contribution in [-0.4, -0.2) is 0 Å². The first-order valence-corrected chi connectivity index (χ1v) is 16.1. The maximum absolute atomic E-state index is 2.94. The van der Waals surface area contributed by atoms with E-state index >= 15 is 0 Å². The van der Waals surface area contributed by atoms with Crippen molar-refractivity contribution < 1.29 is 0 Å². The molecule has 0 nitrogen and oxygen atoms in total. The van der Waals surface area contributed by atoms with Crippen molar-refractivity contribution in [2.24, 2.45) is 0 Å². The summed E-state index contributed by atoms with van der Waals surface area (Å²) in [6.07, 6.45) is 0. The Morgan fingerprint density at radius 1 is 0.250 bits per heavy atom. The molecule has 2 atom stereocenters. The lowest BCUT2D eigenvalue weighted by Gasteiger charge is -2.20. The minimum Gasteiger partial charge on any atom is -0.105 e. The first-order chi connectivity index (χ1) is 21.7. The molecule has 0 spiro atoms. The quantitative estimate of drug-likeness (QED) is 0.140. The van der Waals surface area contributed by atoms with Gasteiger partial charge in [-0.25, -0.2) is 0 Å². The summed E-state index contributed by atoms with van der Waals surface area (Å²) < 4.78 is 0. The summed E-state index contributed by atoms with van der Waals surface area (Å²) in [4.78, 5) is 0. The van der Waals surface area contributed by atoms with Gasteiger partial charge in [0.25, 0.3) is 0 Å². The molecule has 0 aromatic heterocycles. The van der Waals surface area contributed by atoms with Crippen LogP contribution in [0.15, 0.2) is 158 Å². The fourth-order valence-electron chi connectivity index (χ4n) is 6.60. The highest BCUT2D eigenvalue weighted by molar-refractivity contribution is 7.35. The van der Waals surface area contributed by atoms with Crippen molar-refractivity contribution in [3.63, 3.8) is 0 Å². The van der Waals surface area contributed by atoms with Crippen LogP contribution in [0.5, 0.6) is 0 Å². The average Bonchev–Trinajstić information content (AvgIpc) is 3.09. The van der Waals surface area contributed by atoms with Crippen LogP contribution >= 0.6 is 18.5 Å². The minimum absolute atomic E-state index is 1.20. The smallest absolute Gasteiger partial charge is 0.00921 e. The zero-order valence-electron chi connectivity index (χ0n) is 24.2. The first-order valence-electron chi connectivity index (χ1n) is 14.9. The van der Waals surface area contributed by atoms with Crippen LogP contribution in [-0.2, 0) is 0 Å². The van der Waals surface area contributed by atoms with Crippen molar-refractivity contribution in [3.8, 4) is 44.5 Å². The second-order valence-electron chi connectivity index (χ2n) is 11.4. The largest absolute Gasteiger partial charge is 0.105 e. The van der Waals surface area contributed by atoms with Gasteiger partial charge in [0.05, 0.1) is 0 Å². The van der Waals surface area contributed by atoms with Gasteiger partial charge in [0.1, 0.15) is 0 Å². The predicted molar refractivity (Wildman–Crippen MR) is 199 cm³/mol. The Hall–Kier alpha value is -4.60. The number of benzene rings is 8. The van der Waals surface area contributed by atoms with Gasteiger partial charge in [-0.2, -0.15) is 0 Å². The second kappa shape index (κ2) is 11.2. The number of hydrogen-bond acceptors (Lipinski definition) is 0. The van der Waals surface area contributed by atoms with Crippen LogP contribution in [0.3, 0.4) is 0 Å². The van der Waals surface area contributed by atoms with Crippen molar-refractivity contribution in [1.29, 1.82) is 0 Å². The summed E-state index contributed by atoms with van der Waals surface area (Å²) in [6.45, 7) is 0. The van der Waals surface area contributed by atoms with Gasteiger partial charge < -0.3 is 0 Å². The third kappa shape index (κ3) is 4.63. The summed E-state index contributed by atoms with van der Waals surface area (Å²) in [5.41, 5.74) is 9.86. The molecule has 0 bridgehead atoms. The van der Waals surface area contributed by atoms with E-state index in [1.54, 1.807) is 0 Å². The SMILES string of the molecule is Pc1cc2c(cc1P)c1cc(-c3ccccc3)c(-c3ccccc3)cc1c1cc(-c3ccccc3)c(-c3ccccc3)cc21. The van der Waals surface area contributed by atoms with E-state index in [4.69, 9.17) is 0 Å². The summed E-state index contributed by atoms with van der Waals surface area (Å²) in [5, 5.41) is 10.0. The van der Waals surface area contributed by atoms with Crippen LogP contribution in [0.2, 0.25) is 0 Å². The summed E-state index contributed by atoms with van der Waals surface area (Å²) in [7, 11) is 5.88. The average molecular weight is 597 g/mol. The highest BCUT2D eigenvalue weighted by atomic mass is 31.0. The van der Waals surface area contributed by atoms with E-state index in [1.807, 2.05) is 0 Å². The van der Waals surface area contributed by atoms with E-state index in [-0.39, 0.29) is 0 Å². The maximum Gasteiger partial charge on any atom is -0.00921 e. The lowest BCUT2D eigenvalue weighted by Crippen LogP contribution is -2.10. The monoisotopic (exact) mass is 596 g/mol. The molecule has 2 heteroatoms. The molecule has 0 fully saturated rings. The normalized spacial score (nSPS) is 11.4. The summed E-state index contributed by atoms with van der Waals surface area (Å²) >= 11 is 0. The van der Waals surface area contributed by atoms with E-state index in [0.29, 0.717) is 0 Å². The molecule has 0 aliphatic rings. The zero-order valence-corrected chi connectivity index (χ0v) is 26.5. The van der Waals surface area contributed by atoms with Gasteiger partial charge in [-0.3, -0.25) is 0 Å². The minimum atomic E-state index is 1.20. The number of fused-ring (bicyclic) bond motifs is 6. The molecule has 44 heavy (non-hydrogen) atoms. The lowest BCUT2D eigenvalue weighted by molar-refractivity contribution is 1.60. The molecule has 0 radical (unpaired) electrons. The molecule has 0 aliphatic carbocycles. The standard InChI is InChI=1S/C42H30P2/c43-41-25-39-37-23-33(29-17-9-3-10-18-29)31(27-13-5-1-6-14-27)21-35(37)36-22-32(28-15-7-2-8-16-28)34(30-19-11-4-12-20-30)24-38(36)40(39)26-42(41)44/h1-26H,43-44H2. The van der Waals surface area contributed by atoms with Gasteiger partial charge in [-0.15, -0.1) is 18.5 Å².